The van der Waals surface area contributed by atoms with Crippen LogP contribution in [0.5, 0.6) is 0 Å². The van der Waals surface area contributed by atoms with Crippen LogP contribution < -0.4 is 5.73 Å². The fourth-order valence-electron chi connectivity index (χ4n) is 1.98. The van der Waals surface area contributed by atoms with Gasteiger partial charge < -0.3 is 5.73 Å². The molecule has 3 aromatic rings. The maximum atomic E-state index is 13.0. The van der Waals surface area contributed by atoms with Crippen LogP contribution in [0.2, 0.25) is 0 Å². The molecule has 1 aromatic heterocycles. The zero-order valence-electron chi connectivity index (χ0n) is 10.9. The highest BCUT2D eigenvalue weighted by molar-refractivity contribution is 5.72. The Balaban J connectivity index is 2.07. The maximum Gasteiger partial charge on any atom is 0.150 e. The number of hydrogen-bond donors (Lipinski definition) is 1. The fourth-order valence-corrected chi connectivity index (χ4v) is 1.98. The Morgan fingerprint density at radius 3 is 1.86 bits per heavy atom. The zero-order chi connectivity index (χ0) is 14.8. The van der Waals surface area contributed by atoms with Gasteiger partial charge in [0, 0.05) is 11.1 Å². The van der Waals surface area contributed by atoms with Crippen LogP contribution in [0.15, 0.2) is 54.7 Å². The number of nitrogen functional groups attached to an aromatic ring is 1. The Labute approximate surface area is 120 Å². The summed E-state index contributed by atoms with van der Waals surface area (Å²) in [6.45, 7) is 0. The summed E-state index contributed by atoms with van der Waals surface area (Å²) in [6, 6.07) is 11.8. The highest BCUT2D eigenvalue weighted by Crippen LogP contribution is 2.26. The van der Waals surface area contributed by atoms with Crippen molar-refractivity contribution in [1.82, 2.24) is 9.97 Å². The molecule has 0 saturated carbocycles. The fraction of sp³-hybridized carbons (Fsp3) is 0. The van der Waals surface area contributed by atoms with E-state index in [9.17, 15) is 8.78 Å². The molecule has 0 unspecified atom stereocenters. The topological polar surface area (TPSA) is 51.8 Å². The summed E-state index contributed by atoms with van der Waals surface area (Å²) in [5.74, 6) is -0.395. The molecule has 2 aromatic carbocycles. The molecule has 0 radical (unpaired) electrons. The second kappa shape index (κ2) is 5.28. The van der Waals surface area contributed by atoms with Gasteiger partial charge in [0.2, 0.25) is 0 Å². The minimum Gasteiger partial charge on any atom is -0.382 e. The van der Waals surface area contributed by atoms with Gasteiger partial charge in [-0.05, 0) is 48.5 Å². The summed E-state index contributed by atoms with van der Waals surface area (Å²) in [5.41, 5.74) is 8.28. The zero-order valence-corrected chi connectivity index (χ0v) is 10.9. The summed E-state index contributed by atoms with van der Waals surface area (Å²) in [4.78, 5) is 8.54. The summed E-state index contributed by atoms with van der Waals surface area (Å²) in [5, 5.41) is 0. The van der Waals surface area contributed by atoms with Crippen LogP contribution in [0, 0.1) is 11.6 Å². The molecular formula is C16H11F2N3. The quantitative estimate of drug-likeness (QED) is 0.780. The predicted molar refractivity (Wildman–Crippen MR) is 77.2 cm³/mol. The smallest absolute Gasteiger partial charge is 0.150 e. The molecule has 0 aliphatic heterocycles. The first-order valence-electron chi connectivity index (χ1n) is 6.28. The molecule has 21 heavy (non-hydrogen) atoms. The lowest BCUT2D eigenvalue weighted by Gasteiger charge is -2.07. The van der Waals surface area contributed by atoms with E-state index in [2.05, 4.69) is 9.97 Å². The highest BCUT2D eigenvalue weighted by atomic mass is 19.1. The van der Waals surface area contributed by atoms with E-state index in [0.717, 1.165) is 5.56 Å². The normalized spacial score (nSPS) is 10.6. The molecule has 5 heteroatoms. The largest absolute Gasteiger partial charge is 0.382 e. The van der Waals surface area contributed by atoms with Gasteiger partial charge >= 0.3 is 0 Å². The molecular weight excluding hydrogens is 272 g/mol. The third kappa shape index (κ3) is 2.72. The van der Waals surface area contributed by atoms with Crippen molar-refractivity contribution in [2.45, 2.75) is 0 Å². The van der Waals surface area contributed by atoms with E-state index >= 15 is 0 Å². The van der Waals surface area contributed by atoms with Crippen molar-refractivity contribution >= 4 is 5.82 Å². The van der Waals surface area contributed by atoms with E-state index in [4.69, 9.17) is 5.73 Å². The number of halogens is 2. The lowest BCUT2D eigenvalue weighted by Crippen LogP contribution is -1.99. The van der Waals surface area contributed by atoms with Crippen molar-refractivity contribution in [2.75, 3.05) is 5.73 Å². The Morgan fingerprint density at radius 2 is 1.29 bits per heavy atom. The molecule has 2 N–H and O–H groups in total. The van der Waals surface area contributed by atoms with Crippen LogP contribution in [0.1, 0.15) is 0 Å². The van der Waals surface area contributed by atoms with Gasteiger partial charge in [-0.1, -0.05) is 0 Å². The van der Waals surface area contributed by atoms with E-state index in [1.54, 1.807) is 24.3 Å². The third-order valence-corrected chi connectivity index (χ3v) is 3.06. The summed E-state index contributed by atoms with van der Waals surface area (Å²) >= 11 is 0. The number of hydrogen-bond acceptors (Lipinski definition) is 3. The van der Waals surface area contributed by atoms with Crippen LogP contribution in [-0.4, -0.2) is 9.97 Å². The van der Waals surface area contributed by atoms with Gasteiger partial charge in [0.25, 0.3) is 0 Å². The Morgan fingerprint density at radius 1 is 0.762 bits per heavy atom. The van der Waals surface area contributed by atoms with E-state index < -0.39 is 0 Å². The number of rotatable bonds is 2. The van der Waals surface area contributed by atoms with Crippen LogP contribution in [-0.2, 0) is 0 Å². The molecule has 0 fully saturated rings. The van der Waals surface area contributed by atoms with Crippen molar-refractivity contribution in [3.8, 4) is 22.5 Å². The standard InChI is InChI=1S/C16H11F2N3/c17-12-5-1-10(2-6-12)14-9-20-16(19)15(21-14)11-3-7-13(18)8-4-11/h1-9H,(H2,19,20). The second-order valence-corrected chi connectivity index (χ2v) is 4.50. The molecule has 0 saturated heterocycles. The van der Waals surface area contributed by atoms with Crippen molar-refractivity contribution in [3.05, 3.63) is 66.4 Å². The number of nitrogens with two attached hydrogens (primary N) is 1. The molecule has 0 spiro atoms. The molecule has 1 heterocycles. The van der Waals surface area contributed by atoms with Gasteiger partial charge in [-0.15, -0.1) is 0 Å². The molecule has 0 atom stereocenters. The number of nitrogens with zero attached hydrogens (tertiary/aromatic N) is 2. The number of aromatic nitrogens is 2. The predicted octanol–water partition coefficient (Wildman–Crippen LogP) is 3.67. The van der Waals surface area contributed by atoms with E-state index in [0.29, 0.717) is 17.0 Å². The Bertz CT molecular complexity index is 769. The Kier molecular flexibility index (Phi) is 3.31. The minimum absolute atomic E-state index is 0.257. The van der Waals surface area contributed by atoms with Crippen LogP contribution in [0.3, 0.4) is 0 Å². The molecule has 3 nitrogen and oxygen atoms in total. The summed E-state index contributed by atoms with van der Waals surface area (Å²) < 4.78 is 25.9. The van der Waals surface area contributed by atoms with Gasteiger partial charge in [-0.3, -0.25) is 0 Å². The van der Waals surface area contributed by atoms with Crippen molar-refractivity contribution in [2.24, 2.45) is 0 Å². The molecule has 3 rings (SSSR count). The van der Waals surface area contributed by atoms with Gasteiger partial charge in [0.15, 0.2) is 0 Å². The van der Waals surface area contributed by atoms with Gasteiger partial charge in [-0.2, -0.15) is 0 Å². The van der Waals surface area contributed by atoms with Crippen LogP contribution in [0.4, 0.5) is 14.6 Å². The third-order valence-electron chi connectivity index (χ3n) is 3.06. The van der Waals surface area contributed by atoms with E-state index in [1.165, 1.54) is 30.5 Å². The molecule has 104 valence electrons. The second-order valence-electron chi connectivity index (χ2n) is 4.50. The molecule has 0 aliphatic carbocycles. The van der Waals surface area contributed by atoms with Crippen molar-refractivity contribution < 1.29 is 8.78 Å². The number of benzene rings is 2. The van der Waals surface area contributed by atoms with Gasteiger partial charge in [-0.25, -0.2) is 18.7 Å². The average molecular weight is 283 g/mol. The van der Waals surface area contributed by atoms with Crippen LogP contribution in [0.25, 0.3) is 22.5 Å². The first-order chi connectivity index (χ1) is 10.1. The lowest BCUT2D eigenvalue weighted by atomic mass is 10.1. The summed E-state index contributed by atoms with van der Waals surface area (Å²) in [7, 11) is 0. The minimum atomic E-state index is -0.333. The molecule has 0 amide bonds. The lowest BCUT2D eigenvalue weighted by molar-refractivity contribution is 0.627. The Hall–Kier alpha value is -2.82. The highest BCUT2D eigenvalue weighted by Gasteiger charge is 2.09. The molecule has 0 aliphatic rings. The van der Waals surface area contributed by atoms with E-state index in [1.807, 2.05) is 0 Å². The first kappa shape index (κ1) is 13.2. The SMILES string of the molecule is Nc1ncc(-c2ccc(F)cc2)nc1-c1ccc(F)cc1. The van der Waals surface area contributed by atoms with Crippen molar-refractivity contribution in [1.29, 1.82) is 0 Å². The monoisotopic (exact) mass is 283 g/mol. The maximum absolute atomic E-state index is 13.0. The van der Waals surface area contributed by atoms with E-state index in [-0.39, 0.29) is 17.5 Å². The van der Waals surface area contributed by atoms with Gasteiger partial charge in [0.1, 0.15) is 23.1 Å². The summed E-state index contributed by atoms with van der Waals surface area (Å²) in [6.07, 6.45) is 1.52. The average Bonchev–Trinajstić information content (AvgIpc) is 2.50. The first-order valence-corrected chi connectivity index (χ1v) is 6.28. The van der Waals surface area contributed by atoms with Crippen molar-refractivity contribution in [3.63, 3.8) is 0 Å². The van der Waals surface area contributed by atoms with Crippen LogP contribution >= 0.6 is 0 Å². The number of anilines is 1. The molecule has 0 bridgehead atoms. The van der Waals surface area contributed by atoms with Gasteiger partial charge in [0.05, 0.1) is 11.9 Å².